The first-order chi connectivity index (χ1) is 6.73. The standard InChI is InChI=1S/C9H16F3NO2/c1-8(2)6-15-4-3-13(8)5-7(14)9(10,11)12/h7,14H,3-6H2,1-2H3. The second kappa shape index (κ2) is 4.27. The largest absolute Gasteiger partial charge is 0.415 e. The molecule has 1 atom stereocenters. The molecule has 1 heterocycles. The second-order valence-corrected chi connectivity index (χ2v) is 4.37. The fraction of sp³-hybridized carbons (Fsp3) is 1.00. The molecule has 0 saturated carbocycles. The van der Waals surface area contributed by atoms with Crippen molar-refractivity contribution in [3.8, 4) is 0 Å². The van der Waals surface area contributed by atoms with Crippen LogP contribution >= 0.6 is 0 Å². The summed E-state index contributed by atoms with van der Waals surface area (Å²) < 4.78 is 41.6. The molecule has 15 heavy (non-hydrogen) atoms. The van der Waals surface area contributed by atoms with E-state index >= 15 is 0 Å². The van der Waals surface area contributed by atoms with Crippen LogP contribution in [-0.2, 0) is 4.74 Å². The maximum absolute atomic E-state index is 12.1. The molecule has 1 saturated heterocycles. The summed E-state index contributed by atoms with van der Waals surface area (Å²) in [7, 11) is 0. The number of aliphatic hydroxyl groups excluding tert-OH is 1. The Morgan fingerprint density at radius 2 is 2.07 bits per heavy atom. The molecule has 0 amide bonds. The third-order valence-electron chi connectivity index (χ3n) is 2.59. The Hall–Kier alpha value is -0.330. The van der Waals surface area contributed by atoms with Crippen LogP contribution in [0.1, 0.15) is 13.8 Å². The molecule has 0 radical (unpaired) electrons. The maximum atomic E-state index is 12.1. The number of alkyl halides is 3. The summed E-state index contributed by atoms with van der Waals surface area (Å²) >= 11 is 0. The van der Waals surface area contributed by atoms with Gasteiger partial charge in [-0.05, 0) is 13.8 Å². The molecule has 0 spiro atoms. The zero-order chi connectivity index (χ0) is 11.7. The SMILES string of the molecule is CC1(C)COCCN1CC(O)C(F)(F)F. The monoisotopic (exact) mass is 227 g/mol. The van der Waals surface area contributed by atoms with E-state index in [1.807, 2.05) is 0 Å². The van der Waals surface area contributed by atoms with Gasteiger partial charge in [0.25, 0.3) is 0 Å². The first-order valence-corrected chi connectivity index (χ1v) is 4.81. The number of hydrogen-bond donors (Lipinski definition) is 1. The van der Waals surface area contributed by atoms with Crippen molar-refractivity contribution in [2.45, 2.75) is 31.7 Å². The first kappa shape index (κ1) is 12.7. The number of hydrogen-bond acceptors (Lipinski definition) is 3. The number of β-amino-alcohol motifs (C(OH)–C–C–N with tert-alkyl or cyclic N) is 1. The van der Waals surface area contributed by atoms with Crippen LogP contribution in [0.2, 0.25) is 0 Å². The quantitative estimate of drug-likeness (QED) is 0.764. The maximum Gasteiger partial charge on any atom is 0.415 e. The lowest BCUT2D eigenvalue weighted by Gasteiger charge is -2.43. The summed E-state index contributed by atoms with van der Waals surface area (Å²) in [6.45, 7) is 4.43. The molecular weight excluding hydrogens is 211 g/mol. The fourth-order valence-electron chi connectivity index (χ4n) is 1.54. The molecule has 0 aliphatic carbocycles. The summed E-state index contributed by atoms with van der Waals surface area (Å²) in [6, 6.07) is 0. The van der Waals surface area contributed by atoms with Gasteiger partial charge in [-0.2, -0.15) is 13.2 Å². The van der Waals surface area contributed by atoms with Crippen LogP contribution in [0.5, 0.6) is 0 Å². The predicted octanol–water partition coefficient (Wildman–Crippen LogP) is 1.02. The minimum atomic E-state index is -4.55. The van der Waals surface area contributed by atoms with Crippen molar-refractivity contribution < 1.29 is 23.0 Å². The van der Waals surface area contributed by atoms with E-state index in [1.165, 1.54) is 0 Å². The van der Waals surface area contributed by atoms with Gasteiger partial charge in [0.15, 0.2) is 6.10 Å². The smallest absolute Gasteiger partial charge is 0.382 e. The molecule has 1 fully saturated rings. The molecule has 0 bridgehead atoms. The van der Waals surface area contributed by atoms with E-state index in [9.17, 15) is 13.2 Å². The summed E-state index contributed by atoms with van der Waals surface area (Å²) in [5, 5.41) is 8.96. The molecule has 0 aromatic rings. The molecule has 1 rings (SSSR count). The summed E-state index contributed by atoms with van der Waals surface area (Å²) in [5.74, 6) is 0. The molecule has 0 aromatic heterocycles. The van der Waals surface area contributed by atoms with E-state index in [1.54, 1.807) is 18.7 Å². The Morgan fingerprint density at radius 1 is 1.47 bits per heavy atom. The van der Waals surface area contributed by atoms with Crippen LogP contribution in [0, 0.1) is 0 Å². The molecule has 1 aliphatic heterocycles. The summed E-state index contributed by atoms with van der Waals surface area (Å²) in [6.07, 6.45) is -6.83. The Bertz CT molecular complexity index is 218. The van der Waals surface area contributed by atoms with Gasteiger partial charge in [-0.3, -0.25) is 4.90 Å². The Morgan fingerprint density at radius 3 is 2.53 bits per heavy atom. The summed E-state index contributed by atoms with van der Waals surface area (Å²) in [5.41, 5.74) is -0.454. The average molecular weight is 227 g/mol. The van der Waals surface area contributed by atoms with Gasteiger partial charge in [-0.1, -0.05) is 0 Å². The molecular formula is C9H16F3NO2. The first-order valence-electron chi connectivity index (χ1n) is 4.81. The van der Waals surface area contributed by atoms with Gasteiger partial charge in [-0.15, -0.1) is 0 Å². The minimum absolute atomic E-state index is 0.386. The molecule has 1 aliphatic rings. The third kappa shape index (κ3) is 3.32. The van der Waals surface area contributed by atoms with Gasteiger partial charge in [0.05, 0.1) is 13.2 Å². The molecule has 6 heteroatoms. The van der Waals surface area contributed by atoms with Gasteiger partial charge in [0.1, 0.15) is 0 Å². The van der Waals surface area contributed by atoms with Crippen molar-refractivity contribution in [1.29, 1.82) is 0 Å². The highest BCUT2D eigenvalue weighted by atomic mass is 19.4. The van der Waals surface area contributed by atoms with Crippen molar-refractivity contribution in [3.63, 3.8) is 0 Å². The molecule has 1 N–H and O–H groups in total. The van der Waals surface area contributed by atoms with Crippen molar-refractivity contribution in [2.75, 3.05) is 26.3 Å². The number of morpholine rings is 1. The van der Waals surface area contributed by atoms with Crippen LogP contribution in [-0.4, -0.2) is 54.1 Å². The molecule has 3 nitrogen and oxygen atoms in total. The second-order valence-electron chi connectivity index (χ2n) is 4.37. The number of halogens is 3. The lowest BCUT2D eigenvalue weighted by atomic mass is 10.0. The Kier molecular flexibility index (Phi) is 3.63. The lowest BCUT2D eigenvalue weighted by molar-refractivity contribution is -0.215. The topological polar surface area (TPSA) is 32.7 Å². The highest BCUT2D eigenvalue weighted by Gasteiger charge is 2.42. The van der Waals surface area contributed by atoms with Gasteiger partial charge in [0.2, 0.25) is 0 Å². The number of aliphatic hydroxyl groups is 1. The fourth-order valence-corrected chi connectivity index (χ4v) is 1.54. The molecule has 1 unspecified atom stereocenters. The zero-order valence-corrected chi connectivity index (χ0v) is 8.84. The van der Waals surface area contributed by atoms with E-state index in [2.05, 4.69) is 0 Å². The Labute approximate surface area is 86.8 Å². The summed E-state index contributed by atoms with van der Waals surface area (Å²) in [4.78, 5) is 1.61. The third-order valence-corrected chi connectivity index (χ3v) is 2.59. The molecule has 0 aromatic carbocycles. The van der Waals surface area contributed by atoms with Crippen LogP contribution < -0.4 is 0 Å². The zero-order valence-electron chi connectivity index (χ0n) is 8.84. The van der Waals surface area contributed by atoms with E-state index < -0.39 is 17.8 Å². The van der Waals surface area contributed by atoms with E-state index in [-0.39, 0.29) is 6.54 Å². The van der Waals surface area contributed by atoms with Gasteiger partial charge < -0.3 is 9.84 Å². The number of nitrogens with zero attached hydrogens (tertiary/aromatic N) is 1. The van der Waals surface area contributed by atoms with Crippen LogP contribution in [0.3, 0.4) is 0 Å². The van der Waals surface area contributed by atoms with Crippen molar-refractivity contribution in [3.05, 3.63) is 0 Å². The van der Waals surface area contributed by atoms with Crippen molar-refractivity contribution >= 4 is 0 Å². The van der Waals surface area contributed by atoms with Gasteiger partial charge in [0, 0.05) is 18.6 Å². The van der Waals surface area contributed by atoms with E-state index in [0.29, 0.717) is 19.8 Å². The van der Waals surface area contributed by atoms with Crippen LogP contribution in [0.25, 0.3) is 0 Å². The van der Waals surface area contributed by atoms with Gasteiger partial charge >= 0.3 is 6.18 Å². The average Bonchev–Trinajstić information content (AvgIpc) is 2.06. The van der Waals surface area contributed by atoms with E-state index in [4.69, 9.17) is 9.84 Å². The normalized spacial score (nSPS) is 25.2. The van der Waals surface area contributed by atoms with E-state index in [0.717, 1.165) is 0 Å². The predicted molar refractivity (Wildman–Crippen MR) is 48.5 cm³/mol. The number of ether oxygens (including phenoxy) is 1. The molecule has 90 valence electrons. The number of rotatable bonds is 2. The minimum Gasteiger partial charge on any atom is -0.382 e. The van der Waals surface area contributed by atoms with Crippen molar-refractivity contribution in [1.82, 2.24) is 4.90 Å². The Balaban J connectivity index is 2.56. The van der Waals surface area contributed by atoms with Crippen LogP contribution in [0.15, 0.2) is 0 Å². The highest BCUT2D eigenvalue weighted by molar-refractivity contribution is 4.86. The van der Waals surface area contributed by atoms with Gasteiger partial charge in [-0.25, -0.2) is 0 Å². The highest BCUT2D eigenvalue weighted by Crippen LogP contribution is 2.25. The van der Waals surface area contributed by atoms with Crippen molar-refractivity contribution in [2.24, 2.45) is 0 Å². The van der Waals surface area contributed by atoms with Crippen LogP contribution in [0.4, 0.5) is 13.2 Å². The lowest BCUT2D eigenvalue weighted by Crippen LogP contribution is -2.56.